The number of oxazole rings is 1. The van der Waals surface area contributed by atoms with Crippen molar-refractivity contribution >= 4 is 33.0 Å². The van der Waals surface area contributed by atoms with Crippen LogP contribution in [-0.4, -0.2) is 34.3 Å². The molecule has 0 aliphatic rings. The number of aryl methyl sites for hydroxylation is 2. The van der Waals surface area contributed by atoms with Crippen LogP contribution < -0.4 is 0 Å². The van der Waals surface area contributed by atoms with E-state index in [4.69, 9.17) is 27.6 Å². The number of rotatable bonds is 6. The maximum Gasteiger partial charge on any atom is 0.434 e. The second-order valence-corrected chi connectivity index (χ2v) is 12.4. The molecule has 1 N–H and O–H groups in total. The van der Waals surface area contributed by atoms with Gasteiger partial charge in [-0.3, -0.25) is 0 Å². The number of sulfone groups is 1. The van der Waals surface area contributed by atoms with Gasteiger partial charge in [-0.05, 0) is 60.0 Å². The van der Waals surface area contributed by atoms with Crippen molar-refractivity contribution < 1.29 is 31.1 Å². The van der Waals surface area contributed by atoms with Crippen molar-refractivity contribution in [3.8, 4) is 39.4 Å². The number of hydrogen-bond acceptors (Lipinski definition) is 6. The summed E-state index contributed by atoms with van der Waals surface area (Å²) in [5.41, 5.74) is 1.63. The summed E-state index contributed by atoms with van der Waals surface area (Å²) in [6.45, 7) is 2.59. The molecule has 0 saturated heterocycles. The number of aromatic nitrogens is 3. The van der Waals surface area contributed by atoms with Gasteiger partial charge in [-0.25, -0.2) is 18.4 Å². The monoisotopic (exact) mass is 635 g/mol. The molecule has 2 aromatic heterocycles. The maximum atomic E-state index is 13.6. The van der Waals surface area contributed by atoms with E-state index in [0.717, 1.165) is 12.5 Å². The van der Waals surface area contributed by atoms with Gasteiger partial charge in [0.15, 0.2) is 27.2 Å². The van der Waals surface area contributed by atoms with Crippen LogP contribution >= 0.6 is 23.2 Å². The Morgan fingerprint density at radius 1 is 0.952 bits per heavy atom. The highest BCUT2D eigenvalue weighted by molar-refractivity contribution is 7.90. The molecule has 0 radical (unpaired) electrons. The summed E-state index contributed by atoms with van der Waals surface area (Å²) < 4.78 is 72.9. The Kier molecular flexibility index (Phi) is 7.73. The standard InChI is InChI=1S/C29H22Cl2F3N3O4S/c1-15-35-26(29(32,33)34)13-37(15)24-9-6-17(18-4-5-19(14-38)25(11-18)42(3,39)40)10-22(24)28-27(36-16(2)41-28)21-8-7-20(30)12-23(21)31/h4-13,38H,14H2,1-3H3. The third-order valence-corrected chi connectivity index (χ3v) is 8.29. The topological polar surface area (TPSA) is 98.2 Å². The number of nitrogens with zero attached hydrogens (tertiary/aromatic N) is 3. The van der Waals surface area contributed by atoms with Crippen LogP contribution in [0.4, 0.5) is 13.2 Å². The van der Waals surface area contributed by atoms with Crippen LogP contribution in [0.1, 0.15) is 23.0 Å². The van der Waals surface area contributed by atoms with Crippen LogP contribution in [0, 0.1) is 13.8 Å². The largest absolute Gasteiger partial charge is 0.440 e. The quantitative estimate of drug-likeness (QED) is 0.205. The summed E-state index contributed by atoms with van der Waals surface area (Å²) in [5, 5.41) is 10.4. The van der Waals surface area contributed by atoms with Crippen molar-refractivity contribution in [2.24, 2.45) is 0 Å². The lowest BCUT2D eigenvalue weighted by Gasteiger charge is -2.15. The lowest BCUT2D eigenvalue weighted by atomic mass is 9.97. The van der Waals surface area contributed by atoms with Crippen LogP contribution in [0.5, 0.6) is 0 Å². The van der Waals surface area contributed by atoms with E-state index >= 15 is 0 Å². The molecule has 5 rings (SSSR count). The molecule has 0 bridgehead atoms. The van der Waals surface area contributed by atoms with Crippen LogP contribution in [0.2, 0.25) is 10.0 Å². The van der Waals surface area contributed by atoms with Crippen LogP contribution in [-0.2, 0) is 22.6 Å². The lowest BCUT2D eigenvalue weighted by Crippen LogP contribution is -2.05. The third kappa shape index (κ3) is 5.69. The summed E-state index contributed by atoms with van der Waals surface area (Å²) in [5.74, 6) is 0.559. The minimum Gasteiger partial charge on any atom is -0.440 e. The van der Waals surface area contributed by atoms with Crippen molar-refractivity contribution in [2.45, 2.75) is 31.5 Å². The predicted molar refractivity (Wildman–Crippen MR) is 153 cm³/mol. The Morgan fingerprint density at radius 3 is 2.26 bits per heavy atom. The highest BCUT2D eigenvalue weighted by Crippen LogP contribution is 2.42. The molecule has 0 amide bonds. The molecule has 0 spiro atoms. The first-order valence-electron chi connectivity index (χ1n) is 12.3. The van der Waals surface area contributed by atoms with Crippen molar-refractivity contribution in [1.82, 2.24) is 14.5 Å². The summed E-state index contributed by atoms with van der Waals surface area (Å²) >= 11 is 12.6. The van der Waals surface area contributed by atoms with Crippen molar-refractivity contribution in [1.29, 1.82) is 0 Å². The second-order valence-electron chi connectivity index (χ2n) is 9.56. The molecular weight excluding hydrogens is 614 g/mol. The summed E-state index contributed by atoms with van der Waals surface area (Å²) in [6, 6.07) is 14.3. The summed E-state index contributed by atoms with van der Waals surface area (Å²) in [4.78, 5) is 8.18. The average molecular weight is 636 g/mol. The molecule has 0 aliphatic heterocycles. The third-order valence-electron chi connectivity index (χ3n) is 6.56. The van der Waals surface area contributed by atoms with E-state index in [0.29, 0.717) is 38.7 Å². The lowest BCUT2D eigenvalue weighted by molar-refractivity contribution is -0.141. The fourth-order valence-electron chi connectivity index (χ4n) is 4.64. The van der Waals surface area contributed by atoms with E-state index in [2.05, 4.69) is 9.97 Å². The Balaban J connectivity index is 1.80. The number of imidazole rings is 1. The van der Waals surface area contributed by atoms with Gasteiger partial charge in [0.25, 0.3) is 0 Å². The molecule has 0 unspecified atom stereocenters. The number of aliphatic hydroxyl groups is 1. The van der Waals surface area contributed by atoms with Crippen LogP contribution in [0.25, 0.3) is 39.4 Å². The first-order chi connectivity index (χ1) is 19.7. The van der Waals surface area contributed by atoms with Gasteiger partial charge in [-0.2, -0.15) is 13.2 Å². The molecule has 218 valence electrons. The summed E-state index contributed by atoms with van der Waals surface area (Å²) in [6.07, 6.45) is -2.74. The minimum atomic E-state index is -4.67. The van der Waals surface area contributed by atoms with E-state index in [-0.39, 0.29) is 33.0 Å². The zero-order valence-corrected chi connectivity index (χ0v) is 24.6. The van der Waals surface area contributed by atoms with Gasteiger partial charge in [0.2, 0.25) is 0 Å². The molecule has 3 aromatic carbocycles. The van der Waals surface area contributed by atoms with Gasteiger partial charge in [0.05, 0.1) is 22.2 Å². The maximum absolute atomic E-state index is 13.6. The Bertz CT molecular complexity index is 1950. The predicted octanol–water partition coefficient (Wildman–Crippen LogP) is 7.70. The Labute approximate surface area is 249 Å². The molecule has 5 aromatic rings. The van der Waals surface area contributed by atoms with Gasteiger partial charge in [0, 0.05) is 35.5 Å². The first kappa shape index (κ1) is 29.8. The SMILES string of the molecule is Cc1nc(-c2ccc(Cl)cc2Cl)c(-c2cc(-c3ccc(CO)c(S(C)(=O)=O)c3)ccc2-n2cc(C(F)(F)F)nc2C)o1. The van der Waals surface area contributed by atoms with Gasteiger partial charge >= 0.3 is 6.18 Å². The fraction of sp³-hybridized carbons (Fsp3) is 0.172. The number of alkyl halides is 3. The van der Waals surface area contributed by atoms with Crippen molar-refractivity contribution in [3.63, 3.8) is 0 Å². The van der Waals surface area contributed by atoms with Gasteiger partial charge in [-0.1, -0.05) is 41.4 Å². The zero-order chi connectivity index (χ0) is 30.6. The molecular formula is C29H22Cl2F3N3O4S. The number of benzene rings is 3. The van der Waals surface area contributed by atoms with Gasteiger partial charge in [-0.15, -0.1) is 0 Å². The molecule has 13 heteroatoms. The van der Waals surface area contributed by atoms with E-state index in [1.807, 2.05) is 0 Å². The summed E-state index contributed by atoms with van der Waals surface area (Å²) in [7, 11) is -3.69. The number of hydrogen-bond donors (Lipinski definition) is 1. The van der Waals surface area contributed by atoms with E-state index in [9.17, 15) is 26.7 Å². The van der Waals surface area contributed by atoms with Gasteiger partial charge in [0.1, 0.15) is 11.5 Å². The van der Waals surface area contributed by atoms with Crippen LogP contribution in [0.3, 0.4) is 0 Å². The molecule has 0 atom stereocenters. The number of halogens is 5. The molecule has 0 saturated carbocycles. The van der Waals surface area contributed by atoms with Gasteiger partial charge < -0.3 is 14.1 Å². The second kappa shape index (κ2) is 10.9. The van der Waals surface area contributed by atoms with Crippen molar-refractivity contribution in [3.05, 3.63) is 93.8 Å². The van der Waals surface area contributed by atoms with E-state index in [1.165, 1.54) is 29.7 Å². The average Bonchev–Trinajstić information content (AvgIpc) is 3.50. The normalized spacial score (nSPS) is 12.2. The van der Waals surface area contributed by atoms with Crippen molar-refractivity contribution in [2.75, 3.05) is 6.26 Å². The highest BCUT2D eigenvalue weighted by Gasteiger charge is 2.35. The molecule has 2 heterocycles. The smallest absolute Gasteiger partial charge is 0.434 e. The zero-order valence-electron chi connectivity index (χ0n) is 22.3. The fourth-order valence-corrected chi connectivity index (χ4v) is 6.09. The molecule has 0 fully saturated rings. The molecule has 7 nitrogen and oxygen atoms in total. The minimum absolute atomic E-state index is 0.0439. The van der Waals surface area contributed by atoms with E-state index in [1.54, 1.807) is 43.3 Å². The first-order valence-corrected chi connectivity index (χ1v) is 15.0. The molecule has 42 heavy (non-hydrogen) atoms. The van der Waals surface area contributed by atoms with Crippen LogP contribution in [0.15, 0.2) is 70.1 Å². The van der Waals surface area contributed by atoms with E-state index < -0.39 is 28.3 Å². The highest BCUT2D eigenvalue weighted by atomic mass is 35.5. The number of aliphatic hydroxyl groups excluding tert-OH is 1. The Morgan fingerprint density at radius 2 is 1.64 bits per heavy atom. The Hall–Kier alpha value is -3.64. The molecule has 0 aliphatic carbocycles.